The van der Waals surface area contributed by atoms with Crippen molar-refractivity contribution in [3.05, 3.63) is 65.7 Å². The van der Waals surface area contributed by atoms with Gasteiger partial charge in [-0.3, -0.25) is 18.8 Å². The molecule has 2 aromatic heterocycles. The van der Waals surface area contributed by atoms with Crippen LogP contribution in [0, 0.1) is 0 Å². The quantitative estimate of drug-likeness (QED) is 0.683. The molecule has 1 fully saturated rings. The lowest BCUT2D eigenvalue weighted by atomic mass is 10.1. The van der Waals surface area contributed by atoms with Crippen LogP contribution in [-0.4, -0.2) is 33.0 Å². The van der Waals surface area contributed by atoms with E-state index in [1.165, 1.54) is 6.92 Å². The van der Waals surface area contributed by atoms with E-state index in [-0.39, 0.29) is 29.3 Å². The summed E-state index contributed by atoms with van der Waals surface area (Å²) in [6.45, 7) is 1.47. The maximum absolute atomic E-state index is 12.8. The van der Waals surface area contributed by atoms with E-state index >= 15 is 0 Å². The SMILES string of the molecule is CC(=O)c1cccc(NC(=O)c2nc(C(=O)NC3CC3)c3ccccn23)c1. The molecular formula is C20H18N4O3. The van der Waals surface area contributed by atoms with Crippen molar-refractivity contribution in [1.82, 2.24) is 14.7 Å². The normalized spacial score (nSPS) is 13.4. The molecule has 0 unspecified atom stereocenters. The van der Waals surface area contributed by atoms with Gasteiger partial charge in [-0.2, -0.15) is 0 Å². The van der Waals surface area contributed by atoms with Crippen LogP contribution in [0.25, 0.3) is 5.52 Å². The van der Waals surface area contributed by atoms with Gasteiger partial charge in [0.2, 0.25) is 5.82 Å². The van der Waals surface area contributed by atoms with Crippen molar-refractivity contribution < 1.29 is 14.4 Å². The Kier molecular flexibility index (Phi) is 4.19. The van der Waals surface area contributed by atoms with Gasteiger partial charge < -0.3 is 10.6 Å². The van der Waals surface area contributed by atoms with Gasteiger partial charge in [0.1, 0.15) is 0 Å². The molecule has 0 bridgehead atoms. The number of nitrogens with zero attached hydrogens (tertiary/aromatic N) is 2. The maximum Gasteiger partial charge on any atom is 0.292 e. The predicted octanol–water partition coefficient (Wildman–Crippen LogP) is 2.68. The lowest BCUT2D eigenvalue weighted by molar-refractivity contribution is 0.0947. The lowest BCUT2D eigenvalue weighted by Crippen LogP contribution is -2.26. The third-order valence-electron chi connectivity index (χ3n) is 4.41. The van der Waals surface area contributed by atoms with Crippen LogP contribution in [0.2, 0.25) is 0 Å². The molecule has 4 rings (SSSR count). The summed E-state index contributed by atoms with van der Waals surface area (Å²) in [5, 5.41) is 5.65. The molecule has 2 heterocycles. The van der Waals surface area contributed by atoms with Gasteiger partial charge in [0.15, 0.2) is 11.5 Å². The Balaban J connectivity index is 1.66. The Morgan fingerprint density at radius 3 is 2.63 bits per heavy atom. The number of hydrogen-bond donors (Lipinski definition) is 2. The van der Waals surface area contributed by atoms with Gasteiger partial charge in [0.25, 0.3) is 11.8 Å². The second-order valence-corrected chi connectivity index (χ2v) is 6.58. The number of rotatable bonds is 5. The smallest absolute Gasteiger partial charge is 0.292 e. The summed E-state index contributed by atoms with van der Waals surface area (Å²) < 4.78 is 1.59. The van der Waals surface area contributed by atoms with Crippen molar-refractivity contribution >= 4 is 28.8 Å². The molecule has 2 N–H and O–H groups in total. The van der Waals surface area contributed by atoms with Crippen LogP contribution in [0.15, 0.2) is 48.7 Å². The molecule has 27 heavy (non-hydrogen) atoms. The van der Waals surface area contributed by atoms with Gasteiger partial charge in [-0.15, -0.1) is 0 Å². The second-order valence-electron chi connectivity index (χ2n) is 6.58. The molecule has 1 aromatic carbocycles. The van der Waals surface area contributed by atoms with Crippen LogP contribution in [0.5, 0.6) is 0 Å². The Hall–Kier alpha value is -3.48. The molecule has 1 saturated carbocycles. The number of amides is 2. The Morgan fingerprint density at radius 1 is 1.07 bits per heavy atom. The largest absolute Gasteiger partial charge is 0.348 e. The number of carbonyl (C=O) groups excluding carboxylic acids is 3. The topological polar surface area (TPSA) is 92.6 Å². The summed E-state index contributed by atoms with van der Waals surface area (Å²) in [6.07, 6.45) is 3.63. The van der Waals surface area contributed by atoms with Gasteiger partial charge in [-0.05, 0) is 44.0 Å². The summed E-state index contributed by atoms with van der Waals surface area (Å²) in [5.74, 6) is -0.711. The van der Waals surface area contributed by atoms with Crippen molar-refractivity contribution in [1.29, 1.82) is 0 Å². The van der Waals surface area contributed by atoms with E-state index in [0.29, 0.717) is 16.8 Å². The summed E-state index contributed by atoms with van der Waals surface area (Å²) >= 11 is 0. The van der Waals surface area contributed by atoms with Crippen molar-refractivity contribution in [2.24, 2.45) is 0 Å². The van der Waals surface area contributed by atoms with E-state index in [0.717, 1.165) is 12.8 Å². The number of fused-ring (bicyclic) bond motifs is 1. The molecule has 0 atom stereocenters. The molecule has 0 aliphatic heterocycles. The van der Waals surface area contributed by atoms with Crippen LogP contribution in [0.3, 0.4) is 0 Å². The molecule has 3 aromatic rings. The minimum atomic E-state index is -0.456. The van der Waals surface area contributed by atoms with E-state index in [9.17, 15) is 14.4 Å². The monoisotopic (exact) mass is 362 g/mol. The molecule has 0 radical (unpaired) electrons. The fourth-order valence-corrected chi connectivity index (χ4v) is 2.85. The zero-order valence-electron chi connectivity index (χ0n) is 14.7. The standard InChI is InChI=1S/C20H18N4O3/c1-12(25)13-5-4-6-15(11-13)22-20(27)18-23-17(19(26)21-14-8-9-14)16-7-2-3-10-24(16)18/h2-7,10-11,14H,8-9H2,1H3,(H,21,26)(H,22,27). The van der Waals surface area contributed by atoms with Crippen LogP contribution >= 0.6 is 0 Å². The number of carbonyl (C=O) groups is 3. The summed E-state index contributed by atoms with van der Waals surface area (Å²) in [6, 6.07) is 12.2. The van der Waals surface area contributed by atoms with E-state index < -0.39 is 5.91 Å². The van der Waals surface area contributed by atoms with Crippen LogP contribution in [0.1, 0.15) is 51.2 Å². The number of pyridine rings is 1. The molecule has 136 valence electrons. The zero-order chi connectivity index (χ0) is 19.0. The van der Waals surface area contributed by atoms with Gasteiger partial charge in [0, 0.05) is 23.5 Å². The van der Waals surface area contributed by atoms with Crippen LogP contribution in [0.4, 0.5) is 5.69 Å². The minimum Gasteiger partial charge on any atom is -0.348 e. The van der Waals surface area contributed by atoms with Gasteiger partial charge in [-0.25, -0.2) is 4.98 Å². The Bertz CT molecular complexity index is 1070. The molecule has 1 aliphatic carbocycles. The molecule has 0 saturated heterocycles. The fourth-order valence-electron chi connectivity index (χ4n) is 2.85. The minimum absolute atomic E-state index is 0.0867. The number of ketones is 1. The maximum atomic E-state index is 12.8. The van der Waals surface area contributed by atoms with Crippen LogP contribution < -0.4 is 10.6 Å². The molecule has 7 heteroatoms. The highest BCUT2D eigenvalue weighted by Crippen LogP contribution is 2.21. The predicted molar refractivity (Wildman–Crippen MR) is 100 cm³/mol. The van der Waals surface area contributed by atoms with Crippen LogP contribution in [-0.2, 0) is 0 Å². The molecule has 0 spiro atoms. The van der Waals surface area contributed by atoms with E-state index in [1.807, 2.05) is 0 Å². The summed E-state index contributed by atoms with van der Waals surface area (Å²) in [5.41, 5.74) is 1.79. The molecular weight excluding hydrogens is 344 g/mol. The highest BCUT2D eigenvalue weighted by Gasteiger charge is 2.27. The Labute approximate surface area is 155 Å². The Morgan fingerprint density at radius 2 is 1.89 bits per heavy atom. The van der Waals surface area contributed by atoms with E-state index in [4.69, 9.17) is 0 Å². The molecule has 2 amide bonds. The van der Waals surface area contributed by atoms with Crippen molar-refractivity contribution in [3.8, 4) is 0 Å². The molecule has 1 aliphatic rings. The summed E-state index contributed by atoms with van der Waals surface area (Å²) in [7, 11) is 0. The first-order valence-electron chi connectivity index (χ1n) is 8.73. The number of nitrogens with one attached hydrogen (secondary N) is 2. The third-order valence-corrected chi connectivity index (χ3v) is 4.41. The van der Waals surface area contributed by atoms with Crippen molar-refractivity contribution in [2.45, 2.75) is 25.8 Å². The first-order valence-corrected chi connectivity index (χ1v) is 8.73. The third kappa shape index (κ3) is 3.44. The highest BCUT2D eigenvalue weighted by molar-refractivity contribution is 6.06. The number of aromatic nitrogens is 2. The first kappa shape index (κ1) is 17.0. The summed E-state index contributed by atoms with van der Waals surface area (Å²) in [4.78, 5) is 41.1. The number of anilines is 1. The lowest BCUT2D eigenvalue weighted by Gasteiger charge is -2.05. The van der Waals surface area contributed by atoms with Crippen molar-refractivity contribution in [3.63, 3.8) is 0 Å². The first-order chi connectivity index (χ1) is 13.0. The van der Waals surface area contributed by atoms with E-state index in [1.54, 1.807) is 53.1 Å². The van der Waals surface area contributed by atoms with Gasteiger partial charge in [0.05, 0.1) is 5.52 Å². The second kappa shape index (κ2) is 6.68. The average molecular weight is 362 g/mol. The number of hydrogen-bond acceptors (Lipinski definition) is 4. The highest BCUT2D eigenvalue weighted by atomic mass is 16.2. The zero-order valence-corrected chi connectivity index (χ0v) is 14.7. The number of benzene rings is 1. The number of imidazole rings is 1. The fraction of sp³-hybridized carbons (Fsp3) is 0.200. The van der Waals surface area contributed by atoms with Gasteiger partial charge in [-0.1, -0.05) is 18.2 Å². The van der Waals surface area contributed by atoms with Crippen molar-refractivity contribution in [2.75, 3.05) is 5.32 Å². The van der Waals surface area contributed by atoms with E-state index in [2.05, 4.69) is 15.6 Å². The van der Waals surface area contributed by atoms with Gasteiger partial charge >= 0.3 is 0 Å². The number of Topliss-reactive ketones (excluding diaryl/α,β-unsaturated/α-hetero) is 1. The average Bonchev–Trinajstić information content (AvgIpc) is 3.38. The molecule has 7 nitrogen and oxygen atoms in total.